The Kier molecular flexibility index (Phi) is 17.9. The van der Waals surface area contributed by atoms with Crippen molar-refractivity contribution in [1.29, 1.82) is 0 Å². The first kappa shape index (κ1) is 54.3. The van der Waals surface area contributed by atoms with Crippen LogP contribution in [0.25, 0.3) is 22.2 Å². The van der Waals surface area contributed by atoms with E-state index in [4.69, 9.17) is 22.1 Å². The van der Waals surface area contributed by atoms with Gasteiger partial charge in [0.05, 0.1) is 48.3 Å². The van der Waals surface area contributed by atoms with Gasteiger partial charge in [-0.25, -0.2) is 15.0 Å². The zero-order valence-electron chi connectivity index (χ0n) is 43.8. The standard InChI is InChI=1S/C56H72ClN13O6/c1-3-38-5-4-6-41(31-38)42-33-47(64-48(71)36-59-34-39-12-20-66(2)50(73)32-39)51(61-35-42)54(74)70-22-13-44(14-23-70)76-30-16-49(72)68-28-26-67(27-29-68)21-15-46(40-7-9-43(57)10-8-40)65-55(75)56(58)17-24-69(25-18-56)53-45-11-19-60-52(45)62-37-63-53/h4-11,19,31,33,35,37,39,44,46,59H,3,12-18,20-30,32,34,36,58H2,1-2H3,(H,64,71)(H,65,75)(H,60,62,63)/t39?,46-/m0/s1. The number of nitrogens with zero attached hydrogens (tertiary/aromatic N) is 8. The summed E-state index contributed by atoms with van der Waals surface area (Å²) in [5.41, 5.74) is 11.0. The lowest BCUT2D eigenvalue weighted by Crippen LogP contribution is -2.60. The molecule has 0 bridgehead atoms. The van der Waals surface area contributed by atoms with Gasteiger partial charge in [-0.2, -0.15) is 0 Å². The number of carbonyl (C=O) groups is 5. The molecule has 20 heteroatoms. The van der Waals surface area contributed by atoms with Gasteiger partial charge in [0.1, 0.15) is 17.8 Å². The number of fused-ring (bicyclic) bond motifs is 1. The number of H-pyrrole nitrogens is 1. The van der Waals surface area contributed by atoms with Crippen LogP contribution in [0.15, 0.2) is 79.4 Å². The van der Waals surface area contributed by atoms with Crippen molar-refractivity contribution in [3.8, 4) is 11.1 Å². The van der Waals surface area contributed by atoms with Gasteiger partial charge in [-0.05, 0) is 98.4 Å². The maximum atomic E-state index is 14.1. The van der Waals surface area contributed by atoms with Crippen molar-refractivity contribution in [1.82, 2.24) is 50.2 Å². The minimum absolute atomic E-state index is 0.0301. The normalized spacial score (nSPS) is 18.9. The third kappa shape index (κ3) is 13.5. The molecule has 4 saturated heterocycles. The van der Waals surface area contributed by atoms with E-state index in [-0.39, 0.29) is 66.3 Å². The van der Waals surface area contributed by atoms with Crippen molar-refractivity contribution in [3.63, 3.8) is 0 Å². The van der Waals surface area contributed by atoms with Gasteiger partial charge in [-0.3, -0.25) is 28.9 Å². The summed E-state index contributed by atoms with van der Waals surface area (Å²) in [6.45, 7) is 9.07. The Morgan fingerprint density at radius 1 is 0.895 bits per heavy atom. The van der Waals surface area contributed by atoms with Crippen LogP contribution in [0.2, 0.25) is 5.02 Å². The van der Waals surface area contributed by atoms with E-state index in [1.165, 1.54) is 5.56 Å². The Morgan fingerprint density at radius 3 is 2.42 bits per heavy atom. The monoisotopic (exact) mass is 1060 g/mol. The number of likely N-dealkylation sites (tertiary alicyclic amines) is 2. The summed E-state index contributed by atoms with van der Waals surface area (Å²) in [6.07, 6.45) is 10.3. The van der Waals surface area contributed by atoms with E-state index in [2.05, 4.69) is 64.7 Å². The lowest BCUT2D eigenvalue weighted by Gasteiger charge is -2.40. The number of benzene rings is 2. The number of hydrogen-bond acceptors (Lipinski definition) is 13. The second-order valence-electron chi connectivity index (χ2n) is 20.8. The van der Waals surface area contributed by atoms with Crippen molar-refractivity contribution in [2.24, 2.45) is 11.7 Å². The van der Waals surface area contributed by atoms with Crippen LogP contribution in [0.3, 0.4) is 0 Å². The molecule has 9 rings (SSSR count). The van der Waals surface area contributed by atoms with E-state index >= 15 is 0 Å². The van der Waals surface area contributed by atoms with Crippen molar-refractivity contribution in [2.45, 2.75) is 82.4 Å². The first-order valence-electron chi connectivity index (χ1n) is 27.0. The first-order valence-corrected chi connectivity index (χ1v) is 27.3. The first-order chi connectivity index (χ1) is 36.8. The highest BCUT2D eigenvalue weighted by Gasteiger charge is 2.40. The Balaban J connectivity index is 0.713. The maximum Gasteiger partial charge on any atom is 0.274 e. The molecule has 5 aromatic rings. The Labute approximate surface area is 449 Å². The van der Waals surface area contributed by atoms with Gasteiger partial charge in [0, 0.05) is 102 Å². The molecule has 404 valence electrons. The Hall–Kier alpha value is -6.51. The highest BCUT2D eigenvalue weighted by Crippen LogP contribution is 2.31. The van der Waals surface area contributed by atoms with Gasteiger partial charge in [0.25, 0.3) is 5.91 Å². The molecule has 76 heavy (non-hydrogen) atoms. The van der Waals surface area contributed by atoms with Crippen molar-refractivity contribution in [2.75, 3.05) is 102 Å². The maximum absolute atomic E-state index is 14.1. The van der Waals surface area contributed by atoms with Gasteiger partial charge in [-0.1, -0.05) is 54.9 Å². The molecule has 2 atom stereocenters. The molecule has 0 saturated carbocycles. The summed E-state index contributed by atoms with van der Waals surface area (Å²) in [4.78, 5) is 93.6. The number of amides is 5. The molecule has 5 amide bonds. The topological polar surface area (TPSA) is 227 Å². The lowest BCUT2D eigenvalue weighted by atomic mass is 9.87. The van der Waals surface area contributed by atoms with Gasteiger partial charge < -0.3 is 51.0 Å². The number of aromatic nitrogens is 4. The van der Waals surface area contributed by atoms with Crippen LogP contribution in [-0.4, -0.2) is 173 Å². The highest BCUT2D eigenvalue weighted by molar-refractivity contribution is 6.30. The number of piperazine rings is 1. The summed E-state index contributed by atoms with van der Waals surface area (Å²) < 4.78 is 6.23. The van der Waals surface area contributed by atoms with Gasteiger partial charge in [-0.15, -0.1) is 0 Å². The van der Waals surface area contributed by atoms with Crippen molar-refractivity contribution >= 4 is 63.7 Å². The molecule has 0 radical (unpaired) electrons. The molecule has 2 aromatic carbocycles. The summed E-state index contributed by atoms with van der Waals surface area (Å²) in [7, 11) is 1.81. The second-order valence-corrected chi connectivity index (χ2v) is 21.2. The number of carbonyl (C=O) groups excluding carboxylic acids is 5. The molecule has 0 spiro atoms. The van der Waals surface area contributed by atoms with Crippen LogP contribution in [-0.2, 0) is 30.3 Å². The zero-order chi connectivity index (χ0) is 53.2. The molecule has 0 aliphatic carbocycles. The minimum atomic E-state index is -1.03. The smallest absolute Gasteiger partial charge is 0.274 e. The molecule has 4 aliphatic rings. The van der Waals surface area contributed by atoms with Crippen LogP contribution < -0.4 is 26.6 Å². The molecule has 1 unspecified atom stereocenters. The zero-order valence-corrected chi connectivity index (χ0v) is 44.5. The molecular formula is C56H72ClN13O6. The average Bonchev–Trinajstić information content (AvgIpc) is 3.94. The summed E-state index contributed by atoms with van der Waals surface area (Å²) in [5, 5.41) is 11.0. The fourth-order valence-corrected chi connectivity index (χ4v) is 10.9. The quantitative estimate of drug-likeness (QED) is 0.0732. The third-order valence-electron chi connectivity index (χ3n) is 15.7. The number of ether oxygens (including phenoxy) is 1. The number of rotatable bonds is 19. The molecule has 3 aromatic heterocycles. The summed E-state index contributed by atoms with van der Waals surface area (Å²) in [5.74, 6) is 0.418. The van der Waals surface area contributed by atoms with Crippen molar-refractivity contribution < 1.29 is 28.7 Å². The third-order valence-corrected chi connectivity index (χ3v) is 15.9. The predicted octanol–water partition coefficient (Wildman–Crippen LogP) is 5.03. The Morgan fingerprint density at radius 2 is 1.67 bits per heavy atom. The molecule has 19 nitrogen and oxygen atoms in total. The predicted molar refractivity (Wildman–Crippen MR) is 293 cm³/mol. The minimum Gasteiger partial charge on any atom is -0.378 e. The fourth-order valence-electron chi connectivity index (χ4n) is 10.8. The number of hydrogen-bond donors (Lipinski definition) is 5. The SMILES string of the molecule is CCc1cccc(-c2cnc(C(=O)N3CCC(OCCC(=O)N4CCN(CC[C@H](NC(=O)C5(N)CCN(c6ncnc7[nH]ccc67)CC5)c5ccc(Cl)cc5)CC4)CC3)c(NC(=O)CNCC3CCN(C)C(=O)C3)c2)c1. The van der Waals surface area contributed by atoms with E-state index in [1.54, 1.807) is 22.3 Å². The second kappa shape index (κ2) is 25.1. The van der Waals surface area contributed by atoms with Crippen LogP contribution in [0.4, 0.5) is 11.5 Å². The number of anilines is 2. The number of nitrogens with two attached hydrogens (primary N) is 1. The van der Waals surface area contributed by atoms with Gasteiger partial charge >= 0.3 is 0 Å². The van der Waals surface area contributed by atoms with E-state index in [0.717, 1.165) is 52.9 Å². The molecule has 7 heterocycles. The molecular weight excluding hydrogens is 986 g/mol. The summed E-state index contributed by atoms with van der Waals surface area (Å²) >= 11 is 6.27. The molecule has 4 aliphatic heterocycles. The number of halogens is 1. The molecule has 6 N–H and O–H groups in total. The largest absolute Gasteiger partial charge is 0.378 e. The number of aromatic amines is 1. The lowest BCUT2D eigenvalue weighted by molar-refractivity contribution is -0.135. The average molecular weight is 1060 g/mol. The van der Waals surface area contributed by atoms with Gasteiger partial charge in [0.2, 0.25) is 23.6 Å². The molecule has 4 fully saturated rings. The fraction of sp³-hybridized carbons (Fsp3) is 0.500. The van der Waals surface area contributed by atoms with Gasteiger partial charge in [0.15, 0.2) is 5.69 Å². The number of aryl methyl sites for hydroxylation is 1. The van der Waals surface area contributed by atoms with E-state index in [0.29, 0.717) is 121 Å². The number of pyridine rings is 1. The van der Waals surface area contributed by atoms with Crippen molar-refractivity contribution in [3.05, 3.63) is 101 Å². The van der Waals surface area contributed by atoms with Crippen LogP contribution in [0, 0.1) is 5.92 Å². The van der Waals surface area contributed by atoms with Crippen LogP contribution in [0.1, 0.15) is 85.9 Å². The number of piperidine rings is 3. The van der Waals surface area contributed by atoms with Crippen LogP contribution >= 0.6 is 11.6 Å². The van der Waals surface area contributed by atoms with E-state index < -0.39 is 5.54 Å². The number of nitrogens with one attached hydrogen (secondary N) is 4. The Bertz CT molecular complexity index is 2820. The highest BCUT2D eigenvalue weighted by atomic mass is 35.5. The summed E-state index contributed by atoms with van der Waals surface area (Å²) in [6, 6.07) is 19.2. The van der Waals surface area contributed by atoms with Crippen LogP contribution in [0.5, 0.6) is 0 Å². The van der Waals surface area contributed by atoms with E-state index in [1.807, 2.05) is 66.7 Å². The van der Waals surface area contributed by atoms with E-state index in [9.17, 15) is 24.0 Å².